The predicted molar refractivity (Wildman–Crippen MR) is 97.4 cm³/mol. The minimum absolute atomic E-state index is 0.458. The molecular weight excluding hydrogens is 341 g/mol. The molecule has 1 heterocycles. The van der Waals surface area contributed by atoms with E-state index in [1.54, 1.807) is 6.07 Å². The predicted octanol–water partition coefficient (Wildman–Crippen LogP) is 5.39. The smallest absolute Gasteiger partial charge is 0.101 e. The van der Waals surface area contributed by atoms with Crippen molar-refractivity contribution in [1.29, 1.82) is 5.26 Å². The zero-order valence-electron chi connectivity index (χ0n) is 13.3. The van der Waals surface area contributed by atoms with Crippen LogP contribution in [0.25, 0.3) is 11.1 Å². The molecule has 0 spiro atoms. The summed E-state index contributed by atoms with van der Waals surface area (Å²) < 4.78 is 1.97. The van der Waals surface area contributed by atoms with E-state index in [0.29, 0.717) is 17.1 Å². The van der Waals surface area contributed by atoms with Gasteiger partial charge in [-0.15, -0.1) is 0 Å². The third-order valence-electron chi connectivity index (χ3n) is 4.01. The van der Waals surface area contributed by atoms with Crippen LogP contribution >= 0.6 is 23.2 Å². The van der Waals surface area contributed by atoms with Crippen LogP contribution in [0.4, 0.5) is 0 Å². The third kappa shape index (κ3) is 3.17. The number of nitriles is 1. The molecular formula is C19H15Cl2N3. The molecule has 3 aromatic rings. The highest BCUT2D eigenvalue weighted by Crippen LogP contribution is 2.30. The Morgan fingerprint density at radius 1 is 1.08 bits per heavy atom. The number of rotatable bonds is 3. The fourth-order valence-corrected chi connectivity index (χ4v) is 3.14. The highest BCUT2D eigenvalue weighted by atomic mass is 35.5. The van der Waals surface area contributed by atoms with Crippen molar-refractivity contribution in [3.8, 4) is 17.2 Å². The molecule has 0 fully saturated rings. The molecule has 2 aromatic carbocycles. The Hall–Kier alpha value is -2.28. The second-order valence-corrected chi connectivity index (χ2v) is 6.48. The SMILES string of the molecule is Cc1nn(Cc2ccc(Cl)cc2)c(C)c1-c1ccc(C#N)c(Cl)c1. The van der Waals surface area contributed by atoms with E-state index in [2.05, 4.69) is 11.2 Å². The summed E-state index contributed by atoms with van der Waals surface area (Å²) in [6, 6.07) is 15.3. The highest BCUT2D eigenvalue weighted by molar-refractivity contribution is 6.32. The van der Waals surface area contributed by atoms with Crippen molar-refractivity contribution in [1.82, 2.24) is 9.78 Å². The largest absolute Gasteiger partial charge is 0.265 e. The van der Waals surface area contributed by atoms with E-state index in [1.807, 2.05) is 54.9 Å². The first-order valence-corrected chi connectivity index (χ1v) is 8.23. The van der Waals surface area contributed by atoms with Crippen molar-refractivity contribution >= 4 is 23.2 Å². The molecule has 0 aliphatic heterocycles. The zero-order chi connectivity index (χ0) is 17.3. The number of nitrogens with zero attached hydrogens (tertiary/aromatic N) is 3. The molecule has 5 heteroatoms. The Balaban J connectivity index is 1.99. The third-order valence-corrected chi connectivity index (χ3v) is 4.57. The molecule has 0 atom stereocenters. The van der Waals surface area contributed by atoms with Gasteiger partial charge in [0.1, 0.15) is 6.07 Å². The topological polar surface area (TPSA) is 41.6 Å². The van der Waals surface area contributed by atoms with Crippen molar-refractivity contribution < 1.29 is 0 Å². The Morgan fingerprint density at radius 3 is 2.42 bits per heavy atom. The lowest BCUT2D eigenvalue weighted by Gasteiger charge is -2.07. The van der Waals surface area contributed by atoms with Gasteiger partial charge in [-0.25, -0.2) is 0 Å². The van der Waals surface area contributed by atoms with Crippen LogP contribution in [0.5, 0.6) is 0 Å². The Labute approximate surface area is 151 Å². The molecule has 3 nitrogen and oxygen atoms in total. The van der Waals surface area contributed by atoms with Gasteiger partial charge in [-0.2, -0.15) is 10.4 Å². The van der Waals surface area contributed by atoms with E-state index in [9.17, 15) is 0 Å². The first-order valence-electron chi connectivity index (χ1n) is 7.48. The van der Waals surface area contributed by atoms with Crippen molar-refractivity contribution in [3.63, 3.8) is 0 Å². The Morgan fingerprint density at radius 2 is 1.79 bits per heavy atom. The van der Waals surface area contributed by atoms with Crippen LogP contribution in [-0.4, -0.2) is 9.78 Å². The second-order valence-electron chi connectivity index (χ2n) is 5.64. The van der Waals surface area contributed by atoms with Gasteiger partial charge in [-0.05, 0) is 49.2 Å². The van der Waals surface area contributed by atoms with E-state index in [0.717, 1.165) is 33.1 Å². The van der Waals surface area contributed by atoms with E-state index < -0.39 is 0 Å². The van der Waals surface area contributed by atoms with Gasteiger partial charge < -0.3 is 0 Å². The van der Waals surface area contributed by atoms with E-state index >= 15 is 0 Å². The summed E-state index contributed by atoms with van der Waals surface area (Å²) in [5.41, 5.74) is 5.62. The van der Waals surface area contributed by atoms with Crippen LogP contribution in [0.2, 0.25) is 10.0 Å². The summed E-state index contributed by atoms with van der Waals surface area (Å²) in [6.07, 6.45) is 0. The zero-order valence-corrected chi connectivity index (χ0v) is 14.9. The van der Waals surface area contributed by atoms with Crippen molar-refractivity contribution in [3.05, 3.63) is 75.0 Å². The number of hydrogen-bond donors (Lipinski definition) is 0. The lowest BCUT2D eigenvalue weighted by molar-refractivity contribution is 0.659. The number of hydrogen-bond acceptors (Lipinski definition) is 2. The van der Waals surface area contributed by atoms with Gasteiger partial charge in [0, 0.05) is 16.3 Å². The number of aromatic nitrogens is 2. The summed E-state index contributed by atoms with van der Waals surface area (Å²) >= 11 is 12.1. The first-order chi connectivity index (χ1) is 11.5. The molecule has 0 aliphatic carbocycles. The van der Waals surface area contributed by atoms with Crippen LogP contribution in [0.1, 0.15) is 22.5 Å². The van der Waals surface area contributed by atoms with Crippen LogP contribution < -0.4 is 0 Å². The lowest BCUT2D eigenvalue weighted by atomic mass is 10.0. The summed E-state index contributed by atoms with van der Waals surface area (Å²) in [5.74, 6) is 0. The minimum Gasteiger partial charge on any atom is -0.265 e. The molecule has 120 valence electrons. The number of aryl methyl sites for hydroxylation is 1. The summed E-state index contributed by atoms with van der Waals surface area (Å²) in [4.78, 5) is 0. The molecule has 0 radical (unpaired) electrons. The monoisotopic (exact) mass is 355 g/mol. The van der Waals surface area contributed by atoms with Crippen molar-refractivity contribution in [2.24, 2.45) is 0 Å². The molecule has 0 unspecified atom stereocenters. The van der Waals surface area contributed by atoms with Gasteiger partial charge >= 0.3 is 0 Å². The van der Waals surface area contributed by atoms with Gasteiger partial charge in [0.25, 0.3) is 0 Å². The number of halogens is 2. The molecule has 3 rings (SSSR count). The first kappa shape index (κ1) is 16.6. The summed E-state index contributed by atoms with van der Waals surface area (Å²) in [6.45, 7) is 4.69. The molecule has 24 heavy (non-hydrogen) atoms. The van der Waals surface area contributed by atoms with E-state index in [-0.39, 0.29) is 0 Å². The van der Waals surface area contributed by atoms with Gasteiger partial charge in [-0.3, -0.25) is 4.68 Å². The van der Waals surface area contributed by atoms with Crippen molar-refractivity contribution in [2.75, 3.05) is 0 Å². The fourth-order valence-electron chi connectivity index (χ4n) is 2.79. The van der Waals surface area contributed by atoms with E-state index in [1.165, 1.54) is 0 Å². The molecule has 0 saturated heterocycles. The average Bonchev–Trinajstić information content (AvgIpc) is 2.83. The minimum atomic E-state index is 0.458. The van der Waals surface area contributed by atoms with Crippen LogP contribution in [-0.2, 0) is 6.54 Å². The quantitative estimate of drug-likeness (QED) is 0.631. The second kappa shape index (κ2) is 6.68. The molecule has 0 bridgehead atoms. The maximum Gasteiger partial charge on any atom is 0.101 e. The maximum atomic E-state index is 9.02. The van der Waals surface area contributed by atoms with E-state index in [4.69, 9.17) is 28.5 Å². The van der Waals surface area contributed by atoms with Crippen LogP contribution in [0.3, 0.4) is 0 Å². The van der Waals surface area contributed by atoms with Gasteiger partial charge in [0.2, 0.25) is 0 Å². The average molecular weight is 356 g/mol. The Bertz CT molecular complexity index is 934. The van der Waals surface area contributed by atoms with Gasteiger partial charge in [0.15, 0.2) is 0 Å². The standard InChI is InChI=1S/C19H15Cl2N3/c1-12-19(15-5-6-16(10-22)18(21)9-15)13(2)24(23-12)11-14-3-7-17(20)8-4-14/h3-9H,11H2,1-2H3. The van der Waals surface area contributed by atoms with Crippen molar-refractivity contribution in [2.45, 2.75) is 20.4 Å². The highest BCUT2D eigenvalue weighted by Gasteiger charge is 2.15. The Kier molecular flexibility index (Phi) is 4.62. The normalized spacial score (nSPS) is 10.6. The maximum absolute atomic E-state index is 9.02. The van der Waals surface area contributed by atoms with Gasteiger partial charge in [-0.1, -0.05) is 41.4 Å². The van der Waals surface area contributed by atoms with Crippen LogP contribution in [0.15, 0.2) is 42.5 Å². The summed E-state index contributed by atoms with van der Waals surface area (Å²) in [5, 5.41) is 14.8. The molecule has 0 aliphatic rings. The van der Waals surface area contributed by atoms with Gasteiger partial charge in [0.05, 0.1) is 22.8 Å². The van der Waals surface area contributed by atoms with Crippen LogP contribution in [0, 0.1) is 25.2 Å². The lowest BCUT2D eigenvalue weighted by Crippen LogP contribution is -2.03. The molecule has 0 saturated carbocycles. The fraction of sp³-hybridized carbons (Fsp3) is 0.158. The summed E-state index contributed by atoms with van der Waals surface area (Å²) in [7, 11) is 0. The number of benzene rings is 2. The molecule has 0 N–H and O–H groups in total. The molecule has 0 amide bonds. The molecule has 1 aromatic heterocycles.